The molecule has 0 saturated heterocycles. The third kappa shape index (κ3) is 3.85. The van der Waals surface area contributed by atoms with E-state index >= 15 is 0 Å². The molecule has 27 heavy (non-hydrogen) atoms. The first-order chi connectivity index (χ1) is 12.7. The minimum Gasteiger partial charge on any atom is -0.350 e. The average Bonchev–Trinajstić information content (AvgIpc) is 2.97. The molecule has 1 N–H and O–H groups in total. The Morgan fingerprint density at radius 2 is 1.93 bits per heavy atom. The summed E-state index contributed by atoms with van der Waals surface area (Å²) in [6, 6.07) is 7.45. The SMILES string of the molecule is CCn1c(=O)c2ccccc2n2c(CN(C)CC(=O)NC(C)(C)C)nnc12. The van der Waals surface area contributed by atoms with E-state index in [9.17, 15) is 9.59 Å². The Bertz CT molecular complexity index is 1040. The second-order valence-corrected chi connectivity index (χ2v) is 7.79. The fourth-order valence-corrected chi connectivity index (χ4v) is 3.20. The molecule has 0 atom stereocenters. The number of likely N-dealkylation sites (N-methyl/N-ethyl adjacent to an activating group) is 1. The molecule has 0 unspecified atom stereocenters. The topological polar surface area (TPSA) is 84.5 Å². The lowest BCUT2D eigenvalue weighted by Crippen LogP contribution is -2.45. The van der Waals surface area contributed by atoms with E-state index < -0.39 is 0 Å². The molecule has 8 nitrogen and oxygen atoms in total. The monoisotopic (exact) mass is 370 g/mol. The van der Waals surface area contributed by atoms with E-state index in [1.807, 2.05) is 68.3 Å². The van der Waals surface area contributed by atoms with Crippen molar-refractivity contribution in [1.82, 2.24) is 29.4 Å². The molecule has 0 aliphatic rings. The smallest absolute Gasteiger partial charge is 0.262 e. The number of fused-ring (bicyclic) bond motifs is 3. The molecule has 2 heterocycles. The second kappa shape index (κ2) is 7.11. The first-order valence-electron chi connectivity index (χ1n) is 9.06. The van der Waals surface area contributed by atoms with E-state index in [1.165, 1.54) is 0 Å². The summed E-state index contributed by atoms with van der Waals surface area (Å²) in [5, 5.41) is 12.1. The van der Waals surface area contributed by atoms with E-state index in [4.69, 9.17) is 0 Å². The lowest BCUT2D eigenvalue weighted by molar-refractivity contribution is -0.123. The van der Waals surface area contributed by atoms with Crippen LogP contribution in [0.5, 0.6) is 0 Å². The van der Waals surface area contributed by atoms with Gasteiger partial charge in [-0.15, -0.1) is 10.2 Å². The minimum absolute atomic E-state index is 0.0471. The molecule has 0 bridgehead atoms. The zero-order valence-corrected chi connectivity index (χ0v) is 16.5. The van der Waals surface area contributed by atoms with Gasteiger partial charge in [0.1, 0.15) is 0 Å². The molecule has 0 spiro atoms. The van der Waals surface area contributed by atoms with Crippen LogP contribution in [0.4, 0.5) is 0 Å². The summed E-state index contributed by atoms with van der Waals surface area (Å²) in [6.07, 6.45) is 0. The van der Waals surface area contributed by atoms with E-state index in [0.717, 1.165) is 5.52 Å². The molecule has 3 rings (SSSR count). The summed E-state index contributed by atoms with van der Waals surface area (Å²) in [5.74, 6) is 1.16. The number of carbonyl (C=O) groups is 1. The zero-order valence-electron chi connectivity index (χ0n) is 16.5. The van der Waals surface area contributed by atoms with E-state index in [0.29, 0.717) is 30.1 Å². The van der Waals surface area contributed by atoms with Crippen LogP contribution in [-0.2, 0) is 17.9 Å². The molecule has 8 heteroatoms. The minimum atomic E-state index is -0.271. The van der Waals surface area contributed by atoms with Gasteiger partial charge in [0.05, 0.1) is 24.0 Å². The normalized spacial score (nSPS) is 12.2. The maximum absolute atomic E-state index is 12.7. The summed E-state index contributed by atoms with van der Waals surface area (Å²) >= 11 is 0. The molecular formula is C19H26N6O2. The van der Waals surface area contributed by atoms with Crippen molar-refractivity contribution in [2.24, 2.45) is 0 Å². The molecule has 0 fully saturated rings. The number of para-hydroxylation sites is 1. The number of hydrogen-bond acceptors (Lipinski definition) is 5. The molecular weight excluding hydrogens is 344 g/mol. The van der Waals surface area contributed by atoms with Crippen LogP contribution >= 0.6 is 0 Å². The van der Waals surface area contributed by atoms with Gasteiger partial charge in [-0.1, -0.05) is 12.1 Å². The molecule has 144 valence electrons. The highest BCUT2D eigenvalue weighted by Crippen LogP contribution is 2.15. The predicted octanol–water partition coefficient (Wildman–Crippen LogP) is 1.41. The van der Waals surface area contributed by atoms with Crippen LogP contribution in [0.1, 0.15) is 33.5 Å². The number of aryl methyl sites for hydroxylation is 1. The van der Waals surface area contributed by atoms with Crippen LogP contribution in [0, 0.1) is 0 Å². The van der Waals surface area contributed by atoms with Crippen molar-refractivity contribution in [3.05, 3.63) is 40.4 Å². The molecule has 0 aliphatic heterocycles. The Morgan fingerprint density at radius 1 is 1.22 bits per heavy atom. The van der Waals surface area contributed by atoms with Gasteiger partial charge in [0.25, 0.3) is 5.56 Å². The summed E-state index contributed by atoms with van der Waals surface area (Å²) < 4.78 is 3.52. The summed E-state index contributed by atoms with van der Waals surface area (Å²) in [5.41, 5.74) is 0.430. The van der Waals surface area contributed by atoms with Gasteiger partial charge in [0, 0.05) is 12.1 Å². The maximum Gasteiger partial charge on any atom is 0.262 e. The van der Waals surface area contributed by atoms with Crippen molar-refractivity contribution in [2.45, 2.75) is 46.3 Å². The van der Waals surface area contributed by atoms with Crippen molar-refractivity contribution in [3.8, 4) is 0 Å². The fraction of sp³-hybridized carbons (Fsp3) is 0.474. The largest absolute Gasteiger partial charge is 0.350 e. The third-order valence-corrected chi connectivity index (χ3v) is 4.23. The molecule has 0 saturated carbocycles. The molecule has 0 radical (unpaired) electrons. The number of carbonyl (C=O) groups excluding carboxylic acids is 1. The predicted molar refractivity (Wildman–Crippen MR) is 105 cm³/mol. The lowest BCUT2D eigenvalue weighted by Gasteiger charge is -2.23. The van der Waals surface area contributed by atoms with Crippen molar-refractivity contribution < 1.29 is 4.79 Å². The molecule has 1 aromatic carbocycles. The van der Waals surface area contributed by atoms with Gasteiger partial charge in [0.15, 0.2) is 5.82 Å². The summed E-state index contributed by atoms with van der Waals surface area (Å²) in [6.45, 7) is 8.96. The van der Waals surface area contributed by atoms with Gasteiger partial charge in [-0.05, 0) is 46.9 Å². The average molecular weight is 370 g/mol. The van der Waals surface area contributed by atoms with Crippen LogP contribution in [0.3, 0.4) is 0 Å². The fourth-order valence-electron chi connectivity index (χ4n) is 3.20. The number of amides is 1. The first kappa shape index (κ1) is 19.0. The van der Waals surface area contributed by atoms with Crippen molar-refractivity contribution >= 4 is 22.6 Å². The second-order valence-electron chi connectivity index (χ2n) is 7.79. The Kier molecular flexibility index (Phi) is 5.01. The van der Waals surface area contributed by atoms with Crippen molar-refractivity contribution in [3.63, 3.8) is 0 Å². The quantitative estimate of drug-likeness (QED) is 0.734. The number of nitrogens with one attached hydrogen (secondary N) is 1. The van der Waals surface area contributed by atoms with Crippen molar-refractivity contribution in [2.75, 3.05) is 13.6 Å². The third-order valence-electron chi connectivity index (χ3n) is 4.23. The number of nitrogens with zero attached hydrogens (tertiary/aromatic N) is 5. The summed E-state index contributed by atoms with van der Waals surface area (Å²) in [4.78, 5) is 26.8. The van der Waals surface area contributed by atoms with Gasteiger partial charge in [0.2, 0.25) is 11.7 Å². The van der Waals surface area contributed by atoms with Gasteiger partial charge in [-0.2, -0.15) is 0 Å². The lowest BCUT2D eigenvalue weighted by atomic mass is 10.1. The van der Waals surface area contributed by atoms with E-state index in [1.54, 1.807) is 4.57 Å². The van der Waals surface area contributed by atoms with Crippen molar-refractivity contribution in [1.29, 1.82) is 0 Å². The molecule has 3 aromatic rings. The number of aromatic nitrogens is 4. The van der Waals surface area contributed by atoms with E-state index in [2.05, 4.69) is 15.5 Å². The highest BCUT2D eigenvalue weighted by molar-refractivity contribution is 5.80. The van der Waals surface area contributed by atoms with Gasteiger partial charge >= 0.3 is 0 Å². The van der Waals surface area contributed by atoms with Crippen LogP contribution < -0.4 is 10.9 Å². The number of hydrogen-bond donors (Lipinski definition) is 1. The Labute approximate surface area is 157 Å². The van der Waals surface area contributed by atoms with E-state index in [-0.39, 0.29) is 23.6 Å². The highest BCUT2D eigenvalue weighted by atomic mass is 16.2. The molecule has 1 amide bonds. The van der Waals surface area contributed by atoms with Crippen LogP contribution in [0.25, 0.3) is 16.7 Å². The van der Waals surface area contributed by atoms with Crippen LogP contribution in [-0.4, -0.2) is 49.1 Å². The van der Waals surface area contributed by atoms with Gasteiger partial charge < -0.3 is 5.32 Å². The number of rotatable bonds is 5. The first-order valence-corrected chi connectivity index (χ1v) is 9.06. The summed E-state index contributed by atoms with van der Waals surface area (Å²) in [7, 11) is 1.86. The standard InChI is InChI=1S/C19H26N6O2/c1-6-24-17(27)13-9-7-8-10-14(13)25-15(21-22-18(24)25)11-23(5)12-16(26)20-19(2,3)4/h7-10H,6,11-12H2,1-5H3,(H,20,26). The van der Waals surface area contributed by atoms with Gasteiger partial charge in [-0.25, -0.2) is 0 Å². The number of benzene rings is 1. The maximum atomic E-state index is 12.7. The molecule has 2 aromatic heterocycles. The molecule has 0 aliphatic carbocycles. The Balaban J connectivity index is 1.98. The Morgan fingerprint density at radius 3 is 2.59 bits per heavy atom. The highest BCUT2D eigenvalue weighted by Gasteiger charge is 2.19. The van der Waals surface area contributed by atoms with Gasteiger partial charge in [-0.3, -0.25) is 23.5 Å². The Hall–Kier alpha value is -2.74. The van der Waals surface area contributed by atoms with Crippen LogP contribution in [0.15, 0.2) is 29.1 Å². The van der Waals surface area contributed by atoms with Crippen LogP contribution in [0.2, 0.25) is 0 Å². The zero-order chi connectivity index (χ0) is 19.8.